The van der Waals surface area contributed by atoms with E-state index in [0.29, 0.717) is 22.6 Å². The summed E-state index contributed by atoms with van der Waals surface area (Å²) in [6.07, 6.45) is 0. The molecule has 2 aromatic rings. The van der Waals surface area contributed by atoms with E-state index < -0.39 is 17.7 Å². The van der Waals surface area contributed by atoms with Gasteiger partial charge in [0.05, 0.1) is 11.1 Å². The van der Waals surface area contributed by atoms with Gasteiger partial charge in [0.25, 0.3) is 5.91 Å². The van der Waals surface area contributed by atoms with E-state index >= 15 is 0 Å². The molecular weight excluding hydrogens is 340 g/mol. The van der Waals surface area contributed by atoms with E-state index in [4.69, 9.17) is 21.1 Å². The van der Waals surface area contributed by atoms with Crippen molar-refractivity contribution in [2.75, 3.05) is 13.8 Å². The first-order chi connectivity index (χ1) is 11.4. The zero-order chi connectivity index (χ0) is 17.4. The summed E-state index contributed by atoms with van der Waals surface area (Å²) in [5.41, 5.74) is 0.803. The van der Waals surface area contributed by atoms with Crippen molar-refractivity contribution < 1.29 is 23.0 Å². The molecule has 1 amide bonds. The highest BCUT2D eigenvalue weighted by Crippen LogP contribution is 2.40. The second kappa shape index (κ2) is 6.28. The molecule has 3 rings (SSSR count). The van der Waals surface area contributed by atoms with Crippen LogP contribution in [0.4, 0.5) is 8.78 Å². The average molecular weight is 354 g/mol. The Labute approximate surface area is 142 Å². The van der Waals surface area contributed by atoms with E-state index in [2.05, 4.69) is 0 Å². The first-order valence-corrected chi connectivity index (χ1v) is 7.57. The lowest BCUT2D eigenvalue weighted by Gasteiger charge is -2.25. The maximum absolute atomic E-state index is 13.4. The van der Waals surface area contributed by atoms with Crippen molar-refractivity contribution >= 4 is 17.5 Å². The van der Waals surface area contributed by atoms with Crippen LogP contribution in [0.1, 0.15) is 28.9 Å². The van der Waals surface area contributed by atoms with Crippen LogP contribution in [0.25, 0.3) is 0 Å². The van der Waals surface area contributed by atoms with Gasteiger partial charge in [0, 0.05) is 12.6 Å². The number of carbonyl (C=O) groups is 1. The quantitative estimate of drug-likeness (QED) is 0.831. The van der Waals surface area contributed by atoms with Gasteiger partial charge in [-0.05, 0) is 36.8 Å². The number of ether oxygens (including phenoxy) is 2. The van der Waals surface area contributed by atoms with Gasteiger partial charge in [-0.15, -0.1) is 0 Å². The number of hydrogen-bond acceptors (Lipinski definition) is 3. The minimum atomic E-state index is -0.952. The molecule has 0 aromatic heterocycles. The van der Waals surface area contributed by atoms with Gasteiger partial charge < -0.3 is 14.4 Å². The third-order valence-electron chi connectivity index (χ3n) is 4.00. The highest BCUT2D eigenvalue weighted by Gasteiger charge is 2.24. The number of fused-ring (bicyclic) bond motifs is 1. The lowest BCUT2D eigenvalue weighted by Crippen LogP contribution is -2.29. The lowest BCUT2D eigenvalue weighted by atomic mass is 10.1. The largest absolute Gasteiger partial charge is 0.454 e. The Morgan fingerprint density at radius 1 is 1.21 bits per heavy atom. The zero-order valence-corrected chi connectivity index (χ0v) is 13.7. The van der Waals surface area contributed by atoms with Crippen LogP contribution in [0.3, 0.4) is 0 Å². The van der Waals surface area contributed by atoms with Crippen LogP contribution in [0, 0.1) is 11.6 Å². The molecule has 0 saturated carbocycles. The number of amides is 1. The van der Waals surface area contributed by atoms with Crippen molar-refractivity contribution in [2.45, 2.75) is 13.0 Å². The Bertz CT molecular complexity index is 813. The van der Waals surface area contributed by atoms with Crippen LogP contribution in [-0.4, -0.2) is 24.6 Å². The van der Waals surface area contributed by atoms with Gasteiger partial charge >= 0.3 is 0 Å². The number of carbonyl (C=O) groups excluding carboxylic acids is 1. The van der Waals surface area contributed by atoms with Gasteiger partial charge in [0.15, 0.2) is 23.1 Å². The molecule has 24 heavy (non-hydrogen) atoms. The molecule has 0 bridgehead atoms. The van der Waals surface area contributed by atoms with Gasteiger partial charge in [-0.2, -0.15) is 0 Å². The Morgan fingerprint density at radius 3 is 2.67 bits per heavy atom. The summed E-state index contributed by atoms with van der Waals surface area (Å²) in [5, 5.41) is 0.280. The molecular formula is C17H14ClF2NO3. The summed E-state index contributed by atoms with van der Waals surface area (Å²) >= 11 is 6.09. The predicted octanol–water partition coefficient (Wildman–Crippen LogP) is 4.18. The molecule has 0 aliphatic carbocycles. The molecule has 7 heteroatoms. The number of rotatable bonds is 3. The van der Waals surface area contributed by atoms with Crippen LogP contribution >= 0.6 is 11.6 Å². The van der Waals surface area contributed by atoms with Crippen LogP contribution in [0.15, 0.2) is 30.3 Å². The molecule has 1 atom stereocenters. The Hall–Kier alpha value is -2.34. The normalized spacial score (nSPS) is 13.7. The van der Waals surface area contributed by atoms with Crippen molar-refractivity contribution in [1.29, 1.82) is 0 Å². The topological polar surface area (TPSA) is 38.8 Å². The summed E-state index contributed by atoms with van der Waals surface area (Å²) in [6, 6.07) is 6.14. The number of hydrogen-bond donors (Lipinski definition) is 0. The standard InChI is InChI=1S/C17H14ClF2NO3/c1-9(10-3-4-13(19)14(20)6-10)21(2)17(22)11-5-12(18)16-15(7-11)23-8-24-16/h3-7,9H,8H2,1-2H3. The van der Waals surface area contributed by atoms with Gasteiger partial charge in [0.2, 0.25) is 6.79 Å². The van der Waals surface area contributed by atoms with E-state index in [0.717, 1.165) is 12.1 Å². The van der Waals surface area contributed by atoms with Crippen molar-refractivity contribution in [3.63, 3.8) is 0 Å². The molecule has 4 nitrogen and oxygen atoms in total. The van der Waals surface area contributed by atoms with E-state index in [1.165, 1.54) is 17.0 Å². The summed E-state index contributed by atoms with van der Waals surface area (Å²) in [6.45, 7) is 1.77. The van der Waals surface area contributed by atoms with Gasteiger partial charge in [-0.3, -0.25) is 4.79 Å². The molecule has 1 aliphatic heterocycles. The zero-order valence-electron chi connectivity index (χ0n) is 13.0. The Kier molecular flexibility index (Phi) is 4.32. The Morgan fingerprint density at radius 2 is 1.96 bits per heavy atom. The Balaban J connectivity index is 1.86. The second-order valence-electron chi connectivity index (χ2n) is 5.46. The highest BCUT2D eigenvalue weighted by atomic mass is 35.5. The van der Waals surface area contributed by atoms with E-state index in [1.54, 1.807) is 20.0 Å². The minimum Gasteiger partial charge on any atom is -0.454 e. The maximum atomic E-state index is 13.4. The van der Waals surface area contributed by atoms with E-state index in [-0.39, 0.29) is 17.7 Å². The van der Waals surface area contributed by atoms with Gasteiger partial charge in [-0.25, -0.2) is 8.78 Å². The van der Waals surface area contributed by atoms with Crippen molar-refractivity contribution in [1.82, 2.24) is 4.90 Å². The molecule has 126 valence electrons. The fourth-order valence-electron chi connectivity index (χ4n) is 2.47. The number of nitrogens with zero attached hydrogens (tertiary/aromatic N) is 1. The summed E-state index contributed by atoms with van der Waals surface area (Å²) in [5.74, 6) is -1.40. The molecule has 0 fully saturated rings. The maximum Gasteiger partial charge on any atom is 0.254 e. The SMILES string of the molecule is CC(c1ccc(F)c(F)c1)N(C)C(=O)c1cc(Cl)c2c(c1)OCO2. The molecule has 0 spiro atoms. The molecule has 1 unspecified atom stereocenters. The fourth-order valence-corrected chi connectivity index (χ4v) is 2.73. The number of benzene rings is 2. The molecule has 2 aromatic carbocycles. The van der Waals surface area contributed by atoms with E-state index in [9.17, 15) is 13.6 Å². The first-order valence-electron chi connectivity index (χ1n) is 7.19. The third-order valence-corrected chi connectivity index (χ3v) is 4.28. The van der Waals surface area contributed by atoms with Gasteiger partial charge in [0.1, 0.15) is 0 Å². The average Bonchev–Trinajstić information content (AvgIpc) is 3.04. The molecule has 0 radical (unpaired) electrons. The molecule has 1 heterocycles. The monoisotopic (exact) mass is 353 g/mol. The first kappa shape index (κ1) is 16.5. The molecule has 0 N–H and O–H groups in total. The van der Waals surface area contributed by atoms with Crippen LogP contribution in [0.5, 0.6) is 11.5 Å². The smallest absolute Gasteiger partial charge is 0.254 e. The second-order valence-corrected chi connectivity index (χ2v) is 5.86. The van der Waals surface area contributed by atoms with Gasteiger partial charge in [-0.1, -0.05) is 17.7 Å². The molecule has 0 saturated heterocycles. The number of halogens is 3. The van der Waals surface area contributed by atoms with Crippen molar-refractivity contribution in [2.24, 2.45) is 0 Å². The van der Waals surface area contributed by atoms with Crippen LogP contribution in [0.2, 0.25) is 5.02 Å². The fraction of sp³-hybridized carbons (Fsp3) is 0.235. The van der Waals surface area contributed by atoms with Crippen LogP contribution < -0.4 is 9.47 Å². The van der Waals surface area contributed by atoms with Crippen molar-refractivity contribution in [3.8, 4) is 11.5 Å². The lowest BCUT2D eigenvalue weighted by molar-refractivity contribution is 0.0742. The highest BCUT2D eigenvalue weighted by molar-refractivity contribution is 6.32. The summed E-state index contributed by atoms with van der Waals surface area (Å²) in [7, 11) is 1.58. The predicted molar refractivity (Wildman–Crippen MR) is 84.4 cm³/mol. The van der Waals surface area contributed by atoms with Crippen LogP contribution in [-0.2, 0) is 0 Å². The third kappa shape index (κ3) is 2.89. The van der Waals surface area contributed by atoms with Crippen molar-refractivity contribution in [3.05, 3.63) is 58.1 Å². The summed E-state index contributed by atoms with van der Waals surface area (Å²) < 4.78 is 36.9. The van der Waals surface area contributed by atoms with E-state index in [1.807, 2.05) is 0 Å². The minimum absolute atomic E-state index is 0.0494. The summed E-state index contributed by atoms with van der Waals surface area (Å²) in [4.78, 5) is 14.1. The molecule has 1 aliphatic rings.